The quantitative estimate of drug-likeness (QED) is 0.719. The summed E-state index contributed by atoms with van der Waals surface area (Å²) in [5, 5.41) is 9.62. The van der Waals surface area contributed by atoms with Crippen molar-refractivity contribution in [2.75, 3.05) is 4.90 Å². The average Bonchev–Trinajstić information content (AvgIpc) is 2.87. The molecule has 0 fully saturated rings. The summed E-state index contributed by atoms with van der Waals surface area (Å²) in [4.78, 5) is 26.4. The Morgan fingerprint density at radius 1 is 0.808 bits per heavy atom. The zero-order valence-corrected chi connectivity index (χ0v) is 14.0. The van der Waals surface area contributed by atoms with Crippen LogP contribution in [0.15, 0.2) is 66.7 Å². The Hall–Kier alpha value is -3.60. The topological polar surface area (TPSA) is 66.8 Å². The van der Waals surface area contributed by atoms with E-state index in [-0.39, 0.29) is 11.3 Å². The Morgan fingerprint density at radius 3 is 2.23 bits per heavy atom. The first-order valence-electron chi connectivity index (χ1n) is 8.09. The van der Waals surface area contributed by atoms with Crippen LogP contribution in [0.25, 0.3) is 0 Å². The summed E-state index contributed by atoms with van der Waals surface area (Å²) >= 11 is 0. The molecule has 4 rings (SSSR count). The van der Waals surface area contributed by atoms with Crippen LogP contribution in [0.2, 0.25) is 0 Å². The lowest BCUT2D eigenvalue weighted by Gasteiger charge is -2.13. The van der Waals surface area contributed by atoms with Crippen molar-refractivity contribution in [3.63, 3.8) is 0 Å². The number of hydrogen-bond donors (Lipinski definition) is 1. The van der Waals surface area contributed by atoms with Crippen molar-refractivity contribution in [2.45, 2.75) is 6.92 Å². The lowest BCUT2D eigenvalue weighted by molar-refractivity contribution is 0.0926. The van der Waals surface area contributed by atoms with Crippen LogP contribution in [0.3, 0.4) is 0 Å². The third-order valence-corrected chi connectivity index (χ3v) is 4.20. The normalized spacial score (nSPS) is 13.0. The summed E-state index contributed by atoms with van der Waals surface area (Å²) in [5.41, 5.74) is 2.04. The van der Waals surface area contributed by atoms with Crippen LogP contribution in [0, 0.1) is 6.92 Å². The predicted octanol–water partition coefficient (Wildman–Crippen LogP) is 4.29. The van der Waals surface area contributed by atoms with Crippen LogP contribution in [0.1, 0.15) is 26.3 Å². The maximum atomic E-state index is 12.7. The molecule has 0 aliphatic carbocycles. The Kier molecular flexibility index (Phi) is 3.69. The number of carbonyl (C=O) groups is 2. The van der Waals surface area contributed by atoms with Crippen molar-refractivity contribution >= 4 is 17.5 Å². The zero-order valence-electron chi connectivity index (χ0n) is 14.0. The van der Waals surface area contributed by atoms with E-state index < -0.39 is 11.8 Å². The van der Waals surface area contributed by atoms with Gasteiger partial charge in [-0.05, 0) is 49.4 Å². The molecule has 0 aromatic heterocycles. The number of fused-ring (bicyclic) bond motifs is 1. The summed E-state index contributed by atoms with van der Waals surface area (Å²) in [6.07, 6.45) is 0. The number of rotatable bonds is 3. The number of hydrogen-bond acceptors (Lipinski definition) is 4. The molecule has 0 bridgehead atoms. The van der Waals surface area contributed by atoms with E-state index in [1.807, 2.05) is 31.2 Å². The minimum Gasteiger partial charge on any atom is -0.508 e. The van der Waals surface area contributed by atoms with Gasteiger partial charge in [-0.1, -0.05) is 23.8 Å². The highest BCUT2D eigenvalue weighted by Crippen LogP contribution is 2.33. The number of imide groups is 1. The van der Waals surface area contributed by atoms with Gasteiger partial charge in [0, 0.05) is 6.07 Å². The highest BCUT2D eigenvalue weighted by molar-refractivity contribution is 6.34. The van der Waals surface area contributed by atoms with Crippen molar-refractivity contribution < 1.29 is 19.4 Å². The number of anilines is 1. The summed E-state index contributed by atoms with van der Waals surface area (Å²) in [5.74, 6) is 0.258. The van der Waals surface area contributed by atoms with E-state index >= 15 is 0 Å². The van der Waals surface area contributed by atoms with Gasteiger partial charge in [-0.15, -0.1) is 0 Å². The van der Waals surface area contributed by atoms with Gasteiger partial charge in [0.05, 0.1) is 16.8 Å². The first-order chi connectivity index (χ1) is 12.5. The number of aromatic hydroxyl groups is 1. The van der Waals surface area contributed by atoms with Crippen LogP contribution in [-0.4, -0.2) is 16.9 Å². The molecule has 1 aliphatic rings. The third kappa shape index (κ3) is 2.69. The number of aryl methyl sites for hydroxylation is 1. The van der Waals surface area contributed by atoms with Gasteiger partial charge in [-0.2, -0.15) is 0 Å². The van der Waals surface area contributed by atoms with Gasteiger partial charge in [0.1, 0.15) is 17.2 Å². The van der Waals surface area contributed by atoms with Crippen molar-refractivity contribution in [2.24, 2.45) is 0 Å². The summed E-state index contributed by atoms with van der Waals surface area (Å²) in [6, 6.07) is 18.4. The number of ether oxygens (including phenoxy) is 1. The molecule has 5 heteroatoms. The fraction of sp³-hybridized carbons (Fsp3) is 0.0476. The number of carbonyl (C=O) groups excluding carboxylic acids is 2. The monoisotopic (exact) mass is 345 g/mol. The Labute approximate surface area is 150 Å². The molecule has 0 spiro atoms. The molecule has 3 aromatic rings. The molecule has 5 nitrogen and oxygen atoms in total. The third-order valence-electron chi connectivity index (χ3n) is 4.20. The Bertz CT molecular complexity index is 1020. The van der Waals surface area contributed by atoms with E-state index in [0.717, 1.165) is 10.5 Å². The number of phenols is 1. The number of nitrogens with zero attached hydrogens (tertiary/aromatic N) is 1. The second kappa shape index (κ2) is 6.04. The minimum atomic E-state index is -0.440. The fourth-order valence-corrected chi connectivity index (χ4v) is 2.89. The van der Waals surface area contributed by atoms with Gasteiger partial charge in [0.2, 0.25) is 0 Å². The van der Waals surface area contributed by atoms with E-state index in [1.165, 1.54) is 12.1 Å². The van der Waals surface area contributed by atoms with Crippen molar-refractivity contribution in [1.29, 1.82) is 0 Å². The molecular weight excluding hydrogens is 330 g/mol. The molecular formula is C21H15NO4. The maximum absolute atomic E-state index is 12.7. The first-order valence-corrected chi connectivity index (χ1v) is 8.09. The number of phenolic OH excluding ortho intramolecular Hbond substituents is 1. The average molecular weight is 345 g/mol. The van der Waals surface area contributed by atoms with Crippen LogP contribution in [-0.2, 0) is 0 Å². The second-order valence-corrected chi connectivity index (χ2v) is 6.09. The van der Waals surface area contributed by atoms with Crippen molar-refractivity contribution in [3.8, 4) is 17.2 Å². The second-order valence-electron chi connectivity index (χ2n) is 6.09. The van der Waals surface area contributed by atoms with E-state index in [9.17, 15) is 14.7 Å². The molecule has 26 heavy (non-hydrogen) atoms. The number of amides is 2. The van der Waals surface area contributed by atoms with Gasteiger partial charge < -0.3 is 9.84 Å². The molecule has 0 radical (unpaired) electrons. The Morgan fingerprint density at radius 2 is 1.50 bits per heavy atom. The molecule has 1 N–H and O–H groups in total. The van der Waals surface area contributed by atoms with Crippen LogP contribution < -0.4 is 9.64 Å². The van der Waals surface area contributed by atoms with Gasteiger partial charge >= 0.3 is 0 Å². The van der Waals surface area contributed by atoms with Crippen LogP contribution >= 0.6 is 0 Å². The summed E-state index contributed by atoms with van der Waals surface area (Å²) in [6.45, 7) is 1.99. The number of benzene rings is 3. The molecule has 0 unspecified atom stereocenters. The minimum absolute atomic E-state index is 0.0116. The van der Waals surface area contributed by atoms with Gasteiger partial charge in [-0.25, -0.2) is 4.90 Å². The molecule has 0 saturated heterocycles. The lowest BCUT2D eigenvalue weighted by atomic mass is 10.1. The smallest absolute Gasteiger partial charge is 0.266 e. The molecule has 3 aromatic carbocycles. The highest BCUT2D eigenvalue weighted by Gasteiger charge is 2.37. The first kappa shape index (κ1) is 15.9. The SMILES string of the molecule is Cc1ccc(Oc2ccc3c(c2)C(=O)N(c2cccc(O)c2)C3=O)cc1. The lowest BCUT2D eigenvalue weighted by Crippen LogP contribution is -2.29. The molecule has 0 saturated carbocycles. The fourth-order valence-electron chi connectivity index (χ4n) is 2.89. The molecule has 0 atom stereocenters. The molecule has 2 amide bonds. The predicted molar refractivity (Wildman–Crippen MR) is 96.9 cm³/mol. The molecule has 1 heterocycles. The van der Waals surface area contributed by atoms with E-state index in [1.54, 1.807) is 30.3 Å². The summed E-state index contributed by atoms with van der Waals surface area (Å²) in [7, 11) is 0. The molecule has 1 aliphatic heterocycles. The summed E-state index contributed by atoms with van der Waals surface area (Å²) < 4.78 is 5.78. The molecule has 128 valence electrons. The maximum Gasteiger partial charge on any atom is 0.266 e. The highest BCUT2D eigenvalue weighted by atomic mass is 16.5. The van der Waals surface area contributed by atoms with E-state index in [0.29, 0.717) is 22.7 Å². The van der Waals surface area contributed by atoms with Gasteiger partial charge in [-0.3, -0.25) is 9.59 Å². The van der Waals surface area contributed by atoms with Gasteiger partial charge in [0.25, 0.3) is 11.8 Å². The van der Waals surface area contributed by atoms with E-state index in [4.69, 9.17) is 4.74 Å². The van der Waals surface area contributed by atoms with Gasteiger partial charge in [0.15, 0.2) is 0 Å². The van der Waals surface area contributed by atoms with Crippen molar-refractivity contribution in [3.05, 3.63) is 83.4 Å². The largest absolute Gasteiger partial charge is 0.508 e. The van der Waals surface area contributed by atoms with E-state index in [2.05, 4.69) is 0 Å². The zero-order chi connectivity index (χ0) is 18.3. The standard InChI is InChI=1S/C21H15NO4/c1-13-5-7-16(8-6-13)26-17-9-10-18-19(12-17)21(25)22(20(18)24)14-3-2-4-15(23)11-14/h2-12,23H,1H3. The van der Waals surface area contributed by atoms with Crippen molar-refractivity contribution in [1.82, 2.24) is 0 Å². The Balaban J connectivity index is 1.67. The van der Waals surface area contributed by atoms with Crippen LogP contribution in [0.5, 0.6) is 17.2 Å². The van der Waals surface area contributed by atoms with Crippen LogP contribution in [0.4, 0.5) is 5.69 Å².